The Labute approximate surface area is 187 Å². The van der Waals surface area contributed by atoms with Gasteiger partial charge in [0.25, 0.3) is 5.91 Å². The van der Waals surface area contributed by atoms with E-state index in [0.29, 0.717) is 43.6 Å². The Kier molecular flexibility index (Phi) is 7.58. The quantitative estimate of drug-likeness (QED) is 0.638. The summed E-state index contributed by atoms with van der Waals surface area (Å²) < 4.78 is 0. The van der Waals surface area contributed by atoms with Crippen molar-refractivity contribution in [2.24, 2.45) is 5.92 Å². The molecule has 32 heavy (non-hydrogen) atoms. The SMILES string of the molecule is CNC.O=CCCC(C=O)N1C(=O)c2ccc(N3CCC(C(=O)O)CC3)c3cccc1c23. The highest BCUT2D eigenvalue weighted by atomic mass is 16.4. The predicted molar refractivity (Wildman–Crippen MR) is 123 cm³/mol. The van der Waals surface area contributed by atoms with E-state index in [2.05, 4.69) is 10.2 Å². The molecule has 1 fully saturated rings. The molecular formula is C24H29N3O5. The van der Waals surface area contributed by atoms with E-state index in [0.717, 1.165) is 29.0 Å². The molecule has 8 nitrogen and oxygen atoms in total. The second-order valence-electron chi connectivity index (χ2n) is 8.05. The molecule has 1 unspecified atom stereocenters. The van der Waals surface area contributed by atoms with Gasteiger partial charge in [-0.2, -0.15) is 0 Å². The number of nitrogens with zero attached hydrogens (tertiary/aromatic N) is 2. The molecule has 1 atom stereocenters. The minimum Gasteiger partial charge on any atom is -0.481 e. The van der Waals surface area contributed by atoms with Gasteiger partial charge in [0, 0.05) is 36.0 Å². The minimum atomic E-state index is -0.749. The zero-order chi connectivity index (χ0) is 23.3. The van der Waals surface area contributed by atoms with Crippen molar-refractivity contribution < 1.29 is 24.3 Å². The number of carbonyl (C=O) groups is 4. The highest BCUT2D eigenvalue weighted by molar-refractivity contribution is 6.27. The van der Waals surface area contributed by atoms with Gasteiger partial charge in [0.2, 0.25) is 0 Å². The zero-order valence-corrected chi connectivity index (χ0v) is 18.4. The Morgan fingerprint density at radius 2 is 1.84 bits per heavy atom. The molecule has 2 aliphatic heterocycles. The van der Waals surface area contributed by atoms with E-state index >= 15 is 0 Å². The number of hydrogen-bond donors (Lipinski definition) is 2. The number of rotatable bonds is 7. The second-order valence-corrected chi connectivity index (χ2v) is 8.05. The normalized spacial score (nSPS) is 16.5. The Bertz CT molecular complexity index is 1010. The summed E-state index contributed by atoms with van der Waals surface area (Å²) in [5, 5.41) is 13.7. The maximum Gasteiger partial charge on any atom is 0.306 e. The molecule has 1 amide bonds. The van der Waals surface area contributed by atoms with Crippen LogP contribution in [0.3, 0.4) is 0 Å². The third-order valence-electron chi connectivity index (χ3n) is 5.96. The first-order valence-electron chi connectivity index (χ1n) is 10.8. The number of anilines is 2. The van der Waals surface area contributed by atoms with Crippen LogP contribution in [-0.4, -0.2) is 62.8 Å². The fourth-order valence-corrected chi connectivity index (χ4v) is 4.46. The van der Waals surface area contributed by atoms with Crippen molar-refractivity contribution in [3.05, 3.63) is 35.9 Å². The van der Waals surface area contributed by atoms with Crippen LogP contribution in [-0.2, 0) is 14.4 Å². The number of piperidine rings is 1. The van der Waals surface area contributed by atoms with Crippen LogP contribution in [0.1, 0.15) is 36.0 Å². The molecule has 0 aliphatic carbocycles. The maximum atomic E-state index is 13.0. The smallest absolute Gasteiger partial charge is 0.306 e. The monoisotopic (exact) mass is 439 g/mol. The Hall–Kier alpha value is -3.26. The van der Waals surface area contributed by atoms with Gasteiger partial charge in [-0.05, 0) is 51.6 Å². The lowest BCUT2D eigenvalue weighted by molar-refractivity contribution is -0.142. The summed E-state index contributed by atoms with van der Waals surface area (Å²) in [7, 11) is 3.75. The Morgan fingerprint density at radius 1 is 1.16 bits per heavy atom. The molecule has 0 spiro atoms. The molecule has 2 aliphatic rings. The van der Waals surface area contributed by atoms with Gasteiger partial charge < -0.3 is 24.9 Å². The van der Waals surface area contributed by atoms with Crippen molar-refractivity contribution in [2.45, 2.75) is 31.7 Å². The summed E-state index contributed by atoms with van der Waals surface area (Å²) in [6.07, 6.45) is 3.15. The van der Waals surface area contributed by atoms with Crippen LogP contribution in [0.2, 0.25) is 0 Å². The van der Waals surface area contributed by atoms with Gasteiger partial charge >= 0.3 is 5.97 Å². The highest BCUT2D eigenvalue weighted by Gasteiger charge is 2.36. The number of carboxylic acids is 1. The van der Waals surface area contributed by atoms with E-state index in [4.69, 9.17) is 0 Å². The molecule has 2 aromatic rings. The van der Waals surface area contributed by atoms with Gasteiger partial charge in [-0.25, -0.2) is 0 Å². The number of benzene rings is 2. The molecule has 4 rings (SSSR count). The van der Waals surface area contributed by atoms with E-state index in [1.54, 1.807) is 6.07 Å². The van der Waals surface area contributed by atoms with Crippen LogP contribution in [0, 0.1) is 5.92 Å². The maximum absolute atomic E-state index is 13.0. The first-order chi connectivity index (χ1) is 15.5. The van der Waals surface area contributed by atoms with Crippen molar-refractivity contribution in [1.29, 1.82) is 0 Å². The fourth-order valence-electron chi connectivity index (χ4n) is 4.46. The molecule has 2 heterocycles. The van der Waals surface area contributed by atoms with Crippen molar-refractivity contribution in [3.63, 3.8) is 0 Å². The number of nitrogens with one attached hydrogen (secondary N) is 1. The van der Waals surface area contributed by atoms with Crippen LogP contribution < -0.4 is 15.1 Å². The van der Waals surface area contributed by atoms with Crippen LogP contribution in [0.5, 0.6) is 0 Å². The Balaban J connectivity index is 0.000000913. The zero-order valence-electron chi connectivity index (χ0n) is 18.4. The molecular weight excluding hydrogens is 410 g/mol. The number of amides is 1. The van der Waals surface area contributed by atoms with E-state index in [1.807, 2.05) is 38.4 Å². The predicted octanol–water partition coefficient (Wildman–Crippen LogP) is 2.48. The summed E-state index contributed by atoms with van der Waals surface area (Å²) in [5.41, 5.74) is 2.21. The molecule has 0 saturated carbocycles. The number of aldehydes is 2. The van der Waals surface area contributed by atoms with Gasteiger partial charge in [-0.3, -0.25) is 14.5 Å². The molecule has 1 saturated heterocycles. The molecule has 2 N–H and O–H groups in total. The van der Waals surface area contributed by atoms with E-state index in [1.165, 1.54) is 4.90 Å². The average molecular weight is 440 g/mol. The van der Waals surface area contributed by atoms with Crippen LogP contribution in [0.4, 0.5) is 11.4 Å². The van der Waals surface area contributed by atoms with Crippen LogP contribution in [0.25, 0.3) is 10.8 Å². The summed E-state index contributed by atoms with van der Waals surface area (Å²) in [6, 6.07) is 8.66. The number of aliphatic carboxylic acids is 1. The molecule has 170 valence electrons. The third kappa shape index (κ3) is 4.36. The van der Waals surface area contributed by atoms with E-state index in [-0.39, 0.29) is 18.2 Å². The minimum absolute atomic E-state index is 0.212. The fraction of sp³-hybridized carbons (Fsp3) is 0.417. The second kappa shape index (κ2) is 10.4. The average Bonchev–Trinajstić information content (AvgIpc) is 3.09. The lowest BCUT2D eigenvalue weighted by Crippen LogP contribution is -2.39. The van der Waals surface area contributed by atoms with Gasteiger partial charge in [0.05, 0.1) is 23.2 Å². The summed E-state index contributed by atoms with van der Waals surface area (Å²) in [6.45, 7) is 1.28. The standard InChI is InChI=1S/C22H22N2O5.C2H7N/c25-12-2-3-15(13-26)24-19-5-1-4-16-18(7-6-17(20(16)19)21(24)27)23-10-8-14(9-11-23)22(28)29;1-3-2/h1,4-7,12-15H,2-3,8-11H2,(H,28,29);3H,1-2H3. The summed E-state index contributed by atoms with van der Waals surface area (Å²) >= 11 is 0. The van der Waals surface area contributed by atoms with Crippen molar-refractivity contribution in [3.8, 4) is 0 Å². The van der Waals surface area contributed by atoms with E-state index in [9.17, 15) is 24.3 Å². The van der Waals surface area contributed by atoms with Gasteiger partial charge in [0.1, 0.15) is 12.6 Å². The van der Waals surface area contributed by atoms with Crippen molar-refractivity contribution in [2.75, 3.05) is 37.0 Å². The Morgan fingerprint density at radius 3 is 2.44 bits per heavy atom. The van der Waals surface area contributed by atoms with Gasteiger partial charge in [-0.1, -0.05) is 12.1 Å². The third-order valence-corrected chi connectivity index (χ3v) is 5.96. The van der Waals surface area contributed by atoms with Crippen molar-refractivity contribution in [1.82, 2.24) is 5.32 Å². The van der Waals surface area contributed by atoms with Crippen LogP contribution in [0.15, 0.2) is 30.3 Å². The summed E-state index contributed by atoms with van der Waals surface area (Å²) in [5.74, 6) is -1.29. The molecule has 0 radical (unpaired) electrons. The van der Waals surface area contributed by atoms with Crippen molar-refractivity contribution >= 4 is 46.6 Å². The summed E-state index contributed by atoms with van der Waals surface area (Å²) in [4.78, 5) is 50.3. The lowest BCUT2D eigenvalue weighted by Gasteiger charge is -2.32. The molecule has 0 aromatic heterocycles. The molecule has 2 aromatic carbocycles. The molecule has 0 bridgehead atoms. The lowest BCUT2D eigenvalue weighted by atomic mass is 9.95. The number of carbonyl (C=O) groups excluding carboxylic acids is 3. The first-order valence-corrected chi connectivity index (χ1v) is 10.8. The number of carboxylic acid groups (broad SMARTS) is 1. The van der Waals surface area contributed by atoms with Gasteiger partial charge in [-0.15, -0.1) is 0 Å². The highest BCUT2D eigenvalue weighted by Crippen LogP contribution is 2.43. The van der Waals surface area contributed by atoms with Crippen LogP contribution >= 0.6 is 0 Å². The van der Waals surface area contributed by atoms with E-state index < -0.39 is 12.0 Å². The topological polar surface area (TPSA) is 107 Å². The largest absolute Gasteiger partial charge is 0.481 e. The van der Waals surface area contributed by atoms with Gasteiger partial charge in [0.15, 0.2) is 0 Å². The molecule has 8 heteroatoms. The number of hydrogen-bond acceptors (Lipinski definition) is 6. The first kappa shape index (κ1) is 23.4.